The van der Waals surface area contributed by atoms with Gasteiger partial charge in [-0.2, -0.15) is 0 Å². The summed E-state index contributed by atoms with van der Waals surface area (Å²) >= 11 is 14.4. The molecule has 0 radical (unpaired) electrons. The van der Waals surface area contributed by atoms with Gasteiger partial charge in [-0.1, -0.05) is 47.8 Å². The Labute approximate surface area is 172 Å². The second kappa shape index (κ2) is 9.70. The van der Waals surface area contributed by atoms with E-state index in [0.717, 1.165) is 37.2 Å². The van der Waals surface area contributed by atoms with Crippen molar-refractivity contribution in [1.82, 2.24) is 9.62 Å². The van der Waals surface area contributed by atoms with Crippen LogP contribution in [0.25, 0.3) is 0 Å². The average molecular weight is 417 g/mol. The standard InChI is InChI=1S/C20H30Cl2N2OS/c1-6-11-25-18-13-17(22)16(21)12-15(18)19(23-26-20(2,3)4)14-7-9-24(5)10-8-14/h6,12-14,19,23H,1,7-11H2,2-5H3. The van der Waals surface area contributed by atoms with Crippen LogP contribution in [0.15, 0.2) is 24.8 Å². The highest BCUT2D eigenvalue weighted by Gasteiger charge is 2.30. The molecule has 6 heteroatoms. The monoisotopic (exact) mass is 416 g/mol. The molecular formula is C20H30Cl2N2OS. The first-order valence-corrected chi connectivity index (χ1v) is 10.6. The van der Waals surface area contributed by atoms with Gasteiger partial charge in [0.25, 0.3) is 0 Å². The van der Waals surface area contributed by atoms with Crippen LogP contribution in [-0.2, 0) is 0 Å². The lowest BCUT2D eigenvalue weighted by atomic mass is 9.85. The van der Waals surface area contributed by atoms with Gasteiger partial charge in [0, 0.05) is 22.4 Å². The van der Waals surface area contributed by atoms with Crippen LogP contribution in [0.2, 0.25) is 10.0 Å². The Morgan fingerprint density at radius 1 is 1.31 bits per heavy atom. The smallest absolute Gasteiger partial charge is 0.126 e. The summed E-state index contributed by atoms with van der Waals surface area (Å²) < 4.78 is 9.75. The van der Waals surface area contributed by atoms with Gasteiger partial charge in [-0.3, -0.25) is 4.72 Å². The zero-order valence-electron chi connectivity index (χ0n) is 16.1. The third-order valence-electron chi connectivity index (χ3n) is 4.47. The molecule has 1 unspecified atom stereocenters. The van der Waals surface area contributed by atoms with Gasteiger partial charge in [0.15, 0.2) is 0 Å². The number of likely N-dealkylation sites (tertiary alicyclic amines) is 1. The summed E-state index contributed by atoms with van der Waals surface area (Å²) in [7, 11) is 2.18. The van der Waals surface area contributed by atoms with Gasteiger partial charge in [0.05, 0.1) is 10.0 Å². The van der Waals surface area contributed by atoms with Crippen molar-refractivity contribution >= 4 is 35.1 Å². The van der Waals surface area contributed by atoms with Gasteiger partial charge in [-0.05, 0) is 65.7 Å². The minimum atomic E-state index is 0.113. The molecule has 1 aromatic carbocycles. The van der Waals surface area contributed by atoms with E-state index in [1.807, 2.05) is 12.1 Å². The van der Waals surface area contributed by atoms with Crippen LogP contribution in [-0.4, -0.2) is 36.4 Å². The highest BCUT2D eigenvalue weighted by molar-refractivity contribution is 7.98. The molecule has 3 nitrogen and oxygen atoms in total. The molecule has 1 fully saturated rings. The minimum absolute atomic E-state index is 0.113. The fourth-order valence-corrected chi connectivity index (χ4v) is 4.20. The summed E-state index contributed by atoms with van der Waals surface area (Å²) in [4.78, 5) is 2.38. The molecule has 1 aliphatic heterocycles. The molecule has 0 aliphatic carbocycles. The Hall–Kier alpha value is -0.390. The lowest BCUT2D eigenvalue weighted by Gasteiger charge is -2.36. The first-order chi connectivity index (χ1) is 12.2. The van der Waals surface area contributed by atoms with Crippen LogP contribution in [0, 0.1) is 5.92 Å². The molecule has 1 aromatic rings. The molecule has 1 aliphatic rings. The van der Waals surface area contributed by atoms with Gasteiger partial charge in [-0.15, -0.1) is 0 Å². The first-order valence-electron chi connectivity index (χ1n) is 9.06. The molecule has 1 atom stereocenters. The van der Waals surface area contributed by atoms with E-state index in [-0.39, 0.29) is 10.8 Å². The normalized spacial score (nSPS) is 17.9. The summed E-state index contributed by atoms with van der Waals surface area (Å²) in [6.07, 6.45) is 4.02. The predicted octanol–water partition coefficient (Wildman–Crippen LogP) is 5.98. The number of nitrogens with one attached hydrogen (secondary N) is 1. The topological polar surface area (TPSA) is 24.5 Å². The summed E-state index contributed by atoms with van der Waals surface area (Å²) in [6.45, 7) is 13.0. The van der Waals surface area contributed by atoms with Crippen LogP contribution in [0.4, 0.5) is 0 Å². The lowest BCUT2D eigenvalue weighted by molar-refractivity contribution is 0.193. The SMILES string of the molecule is C=CCOc1cc(Cl)c(Cl)cc1C(NSC(C)(C)C)C1CCN(C)CC1. The van der Waals surface area contributed by atoms with Crippen molar-refractivity contribution in [1.29, 1.82) is 0 Å². The number of piperidine rings is 1. The van der Waals surface area contributed by atoms with E-state index in [1.54, 1.807) is 18.0 Å². The Morgan fingerprint density at radius 3 is 2.50 bits per heavy atom. The van der Waals surface area contributed by atoms with Crippen molar-refractivity contribution in [2.75, 3.05) is 26.7 Å². The number of hydrogen-bond acceptors (Lipinski definition) is 4. The molecule has 0 spiro atoms. The third-order valence-corrected chi connectivity index (χ3v) is 6.18. The minimum Gasteiger partial charge on any atom is -0.489 e. The quantitative estimate of drug-likeness (QED) is 0.436. The first kappa shape index (κ1) is 21.9. The van der Waals surface area contributed by atoms with Gasteiger partial charge >= 0.3 is 0 Å². The lowest BCUT2D eigenvalue weighted by Crippen LogP contribution is -2.36. The second-order valence-corrected chi connectivity index (χ2v) is 10.3. The number of nitrogens with zero attached hydrogens (tertiary/aromatic N) is 1. The second-order valence-electron chi connectivity index (χ2n) is 7.85. The largest absolute Gasteiger partial charge is 0.489 e. The maximum absolute atomic E-state index is 6.37. The number of rotatable bonds is 7. The van der Waals surface area contributed by atoms with E-state index in [9.17, 15) is 0 Å². The van der Waals surface area contributed by atoms with Crippen molar-refractivity contribution in [3.63, 3.8) is 0 Å². The van der Waals surface area contributed by atoms with E-state index in [0.29, 0.717) is 22.6 Å². The van der Waals surface area contributed by atoms with Gasteiger partial charge in [0.2, 0.25) is 0 Å². The summed E-state index contributed by atoms with van der Waals surface area (Å²) in [5.41, 5.74) is 1.08. The van der Waals surface area contributed by atoms with Gasteiger partial charge in [0.1, 0.15) is 12.4 Å². The molecule has 0 saturated carbocycles. The maximum Gasteiger partial charge on any atom is 0.126 e. The maximum atomic E-state index is 6.37. The number of ether oxygens (including phenoxy) is 1. The van der Waals surface area contributed by atoms with E-state index in [4.69, 9.17) is 27.9 Å². The number of halogens is 2. The Kier molecular flexibility index (Phi) is 8.17. The highest BCUT2D eigenvalue weighted by atomic mass is 35.5. The van der Waals surface area contributed by atoms with Gasteiger partial charge in [-0.25, -0.2) is 0 Å². The zero-order chi connectivity index (χ0) is 19.3. The van der Waals surface area contributed by atoms with Crippen LogP contribution >= 0.6 is 35.1 Å². The Balaban J connectivity index is 2.36. The molecule has 146 valence electrons. The molecule has 0 amide bonds. The Morgan fingerprint density at radius 2 is 1.92 bits per heavy atom. The van der Waals surface area contributed by atoms with E-state index < -0.39 is 0 Å². The molecular weight excluding hydrogens is 387 g/mol. The summed E-state index contributed by atoms with van der Waals surface area (Å²) in [5, 5.41) is 1.08. The Bertz CT molecular complexity index is 611. The number of hydrogen-bond donors (Lipinski definition) is 1. The van der Waals surface area contributed by atoms with Crippen LogP contribution in [0.3, 0.4) is 0 Å². The van der Waals surface area contributed by atoms with Crippen LogP contribution < -0.4 is 9.46 Å². The molecule has 26 heavy (non-hydrogen) atoms. The number of benzene rings is 1. The molecule has 1 heterocycles. The van der Waals surface area contributed by atoms with Crippen molar-refractivity contribution < 1.29 is 4.74 Å². The van der Waals surface area contributed by atoms with E-state index in [1.165, 1.54) is 0 Å². The van der Waals surface area contributed by atoms with Gasteiger partial charge < -0.3 is 9.64 Å². The third kappa shape index (κ3) is 6.35. The molecule has 1 N–H and O–H groups in total. The van der Waals surface area contributed by atoms with Crippen LogP contribution in [0.1, 0.15) is 45.2 Å². The fraction of sp³-hybridized carbons (Fsp3) is 0.600. The predicted molar refractivity (Wildman–Crippen MR) is 116 cm³/mol. The van der Waals surface area contributed by atoms with Crippen molar-refractivity contribution in [3.8, 4) is 5.75 Å². The molecule has 0 bridgehead atoms. The van der Waals surface area contributed by atoms with Crippen LogP contribution in [0.5, 0.6) is 5.75 Å². The molecule has 1 saturated heterocycles. The fourth-order valence-electron chi connectivity index (χ4n) is 3.08. The zero-order valence-corrected chi connectivity index (χ0v) is 18.5. The summed E-state index contributed by atoms with van der Waals surface area (Å²) in [5.74, 6) is 1.30. The van der Waals surface area contributed by atoms with Crippen molar-refractivity contribution in [2.24, 2.45) is 5.92 Å². The van der Waals surface area contributed by atoms with E-state index >= 15 is 0 Å². The van der Waals surface area contributed by atoms with E-state index in [2.05, 4.69) is 44.0 Å². The highest BCUT2D eigenvalue weighted by Crippen LogP contribution is 2.41. The van der Waals surface area contributed by atoms with Crippen molar-refractivity contribution in [2.45, 2.75) is 44.4 Å². The molecule has 2 rings (SSSR count). The summed E-state index contributed by atoms with van der Waals surface area (Å²) in [6, 6.07) is 3.94. The average Bonchev–Trinajstić information content (AvgIpc) is 2.57. The van der Waals surface area contributed by atoms with Crippen molar-refractivity contribution in [3.05, 3.63) is 40.4 Å². The molecule has 0 aromatic heterocycles.